The van der Waals surface area contributed by atoms with Crippen molar-refractivity contribution in [1.29, 1.82) is 0 Å². The monoisotopic (exact) mass is 515 g/mol. The molecule has 0 fully saturated rings. The van der Waals surface area contributed by atoms with Crippen LogP contribution in [0.3, 0.4) is 0 Å². The average Bonchev–Trinajstić information content (AvgIpc) is 3.13. The fourth-order valence-corrected chi connectivity index (χ4v) is 5.60. The van der Waals surface area contributed by atoms with Crippen molar-refractivity contribution < 1.29 is 13.2 Å². The number of rotatable bonds is 6. The fourth-order valence-electron chi connectivity index (χ4n) is 3.57. The van der Waals surface area contributed by atoms with Crippen LogP contribution in [0.4, 0.5) is 10.8 Å². The van der Waals surface area contributed by atoms with Gasteiger partial charge in [-0.3, -0.25) is 9.52 Å². The molecule has 176 valence electrons. The van der Waals surface area contributed by atoms with Crippen LogP contribution in [0, 0.1) is 0 Å². The first-order valence-corrected chi connectivity index (χ1v) is 12.9. The molecule has 0 saturated carbocycles. The lowest BCUT2D eigenvalue weighted by atomic mass is 9.94. The number of pyridine rings is 1. The maximum absolute atomic E-state index is 13.0. The molecule has 34 heavy (non-hydrogen) atoms. The molecule has 0 aliphatic carbocycles. The van der Waals surface area contributed by atoms with E-state index in [4.69, 9.17) is 17.3 Å². The van der Waals surface area contributed by atoms with E-state index in [0.717, 1.165) is 21.3 Å². The van der Waals surface area contributed by atoms with Crippen molar-refractivity contribution in [3.05, 3.63) is 65.4 Å². The molecule has 0 saturated heterocycles. The molecule has 1 amide bonds. The van der Waals surface area contributed by atoms with Crippen LogP contribution < -0.4 is 15.8 Å². The lowest BCUT2D eigenvalue weighted by molar-refractivity contribution is -0.120. The van der Waals surface area contributed by atoms with Gasteiger partial charge in [-0.15, -0.1) is 0 Å². The summed E-state index contributed by atoms with van der Waals surface area (Å²) in [6.07, 6.45) is 1.57. The second kappa shape index (κ2) is 8.86. The standard InChI is InChI=1S/C23H22ClN5O3S2/c1-13(30)28-23(2,3)16-5-7-17(8-6-16)34(31,32)29-19-10-15(12-26-21(19)24)14-4-9-18-20(11-14)33-22(25)27-18/h4-12,29H,1-3H3,(H2,25,27)(H,28,30). The Morgan fingerprint density at radius 1 is 1.09 bits per heavy atom. The van der Waals surface area contributed by atoms with Crippen LogP contribution in [0.5, 0.6) is 0 Å². The molecular formula is C23H22ClN5O3S2. The van der Waals surface area contributed by atoms with Crippen molar-refractivity contribution in [3.63, 3.8) is 0 Å². The number of carbonyl (C=O) groups excluding carboxylic acids is 1. The van der Waals surface area contributed by atoms with E-state index in [0.29, 0.717) is 10.7 Å². The molecule has 0 radical (unpaired) electrons. The third-order valence-electron chi connectivity index (χ3n) is 5.20. The number of nitrogens with two attached hydrogens (primary N) is 1. The van der Waals surface area contributed by atoms with Gasteiger partial charge in [0, 0.05) is 18.7 Å². The van der Waals surface area contributed by atoms with Crippen LogP contribution >= 0.6 is 22.9 Å². The van der Waals surface area contributed by atoms with Crippen molar-refractivity contribution in [2.45, 2.75) is 31.2 Å². The molecule has 11 heteroatoms. The third-order valence-corrected chi connectivity index (χ3v) is 7.73. The molecule has 0 spiro atoms. The van der Waals surface area contributed by atoms with Crippen LogP contribution in [0.25, 0.3) is 21.3 Å². The zero-order valence-corrected chi connectivity index (χ0v) is 21.0. The molecule has 4 N–H and O–H groups in total. The summed E-state index contributed by atoms with van der Waals surface area (Å²) in [5.74, 6) is -0.177. The quantitative estimate of drug-likeness (QED) is 0.317. The van der Waals surface area contributed by atoms with Gasteiger partial charge in [0.15, 0.2) is 10.3 Å². The minimum absolute atomic E-state index is 0.0267. The number of thiazole rings is 1. The Labute approximate surface area is 206 Å². The number of anilines is 2. The summed E-state index contributed by atoms with van der Waals surface area (Å²) in [7, 11) is -3.94. The molecule has 0 unspecified atom stereocenters. The van der Waals surface area contributed by atoms with Gasteiger partial charge in [-0.05, 0) is 55.3 Å². The van der Waals surface area contributed by atoms with E-state index >= 15 is 0 Å². The van der Waals surface area contributed by atoms with Gasteiger partial charge >= 0.3 is 0 Å². The Morgan fingerprint density at radius 2 is 1.79 bits per heavy atom. The van der Waals surface area contributed by atoms with Gasteiger partial charge in [0.2, 0.25) is 5.91 Å². The van der Waals surface area contributed by atoms with Crippen molar-refractivity contribution in [2.75, 3.05) is 10.5 Å². The van der Waals surface area contributed by atoms with E-state index < -0.39 is 15.6 Å². The number of nitrogen functional groups attached to an aromatic ring is 1. The van der Waals surface area contributed by atoms with Crippen LogP contribution in [-0.4, -0.2) is 24.3 Å². The summed E-state index contributed by atoms with van der Waals surface area (Å²) in [5.41, 5.74) is 8.36. The van der Waals surface area contributed by atoms with Crippen LogP contribution in [0.2, 0.25) is 5.15 Å². The highest BCUT2D eigenvalue weighted by Crippen LogP contribution is 2.32. The number of sulfonamides is 1. The van der Waals surface area contributed by atoms with Gasteiger partial charge in [-0.25, -0.2) is 18.4 Å². The smallest absolute Gasteiger partial charge is 0.261 e. The first kappa shape index (κ1) is 23.9. The Balaban J connectivity index is 1.62. The van der Waals surface area contributed by atoms with Crippen LogP contribution in [-0.2, 0) is 20.4 Å². The second-order valence-electron chi connectivity index (χ2n) is 8.23. The van der Waals surface area contributed by atoms with Crippen molar-refractivity contribution in [2.24, 2.45) is 0 Å². The summed E-state index contributed by atoms with van der Waals surface area (Å²) in [6.45, 7) is 5.11. The molecular weight excluding hydrogens is 494 g/mol. The molecule has 2 heterocycles. The maximum atomic E-state index is 13.0. The zero-order chi connectivity index (χ0) is 24.7. The lowest BCUT2D eigenvalue weighted by Crippen LogP contribution is -2.39. The van der Waals surface area contributed by atoms with E-state index in [9.17, 15) is 13.2 Å². The van der Waals surface area contributed by atoms with Gasteiger partial charge in [-0.2, -0.15) is 0 Å². The SMILES string of the molecule is CC(=O)NC(C)(C)c1ccc(S(=O)(=O)Nc2cc(-c3ccc4nc(N)sc4c3)cnc2Cl)cc1. The Kier molecular flexibility index (Phi) is 6.24. The predicted octanol–water partition coefficient (Wildman–Crippen LogP) is 4.77. The summed E-state index contributed by atoms with van der Waals surface area (Å²) in [6, 6.07) is 13.5. The summed E-state index contributed by atoms with van der Waals surface area (Å²) in [4.78, 5) is 19.9. The van der Waals surface area contributed by atoms with Gasteiger partial charge in [0.05, 0.1) is 26.3 Å². The van der Waals surface area contributed by atoms with E-state index in [1.807, 2.05) is 32.0 Å². The van der Waals surface area contributed by atoms with Crippen molar-refractivity contribution in [3.8, 4) is 11.1 Å². The normalized spacial score (nSPS) is 12.0. The number of nitrogens with zero attached hydrogens (tertiary/aromatic N) is 2. The number of aromatic nitrogens is 2. The third kappa shape index (κ3) is 4.98. The highest BCUT2D eigenvalue weighted by Gasteiger charge is 2.23. The van der Waals surface area contributed by atoms with E-state index in [2.05, 4.69) is 20.0 Å². The maximum Gasteiger partial charge on any atom is 0.261 e. The first-order valence-electron chi connectivity index (χ1n) is 10.2. The lowest BCUT2D eigenvalue weighted by Gasteiger charge is -2.26. The molecule has 2 aromatic heterocycles. The van der Waals surface area contributed by atoms with E-state index in [-0.39, 0.29) is 21.6 Å². The van der Waals surface area contributed by atoms with Crippen LogP contribution in [0.15, 0.2) is 59.6 Å². The number of hydrogen-bond acceptors (Lipinski definition) is 7. The Hall–Kier alpha value is -3.21. The van der Waals surface area contributed by atoms with Gasteiger partial charge in [-0.1, -0.05) is 41.1 Å². The van der Waals surface area contributed by atoms with E-state index in [1.165, 1.54) is 30.4 Å². The molecule has 0 aliphatic rings. The van der Waals surface area contributed by atoms with E-state index in [1.54, 1.807) is 24.4 Å². The number of amides is 1. The molecule has 0 atom stereocenters. The predicted molar refractivity (Wildman–Crippen MR) is 136 cm³/mol. The van der Waals surface area contributed by atoms with Crippen molar-refractivity contribution in [1.82, 2.24) is 15.3 Å². The minimum atomic E-state index is -3.94. The van der Waals surface area contributed by atoms with Crippen LogP contribution in [0.1, 0.15) is 26.3 Å². The number of benzene rings is 2. The summed E-state index contributed by atoms with van der Waals surface area (Å²) < 4.78 is 29.5. The zero-order valence-electron chi connectivity index (χ0n) is 18.6. The Morgan fingerprint density at radius 3 is 2.47 bits per heavy atom. The number of hydrogen-bond donors (Lipinski definition) is 3. The summed E-state index contributed by atoms with van der Waals surface area (Å²) in [5, 5.41) is 3.34. The van der Waals surface area contributed by atoms with Gasteiger partial charge in [0.1, 0.15) is 0 Å². The Bertz CT molecular complexity index is 1500. The topological polar surface area (TPSA) is 127 Å². The average molecular weight is 516 g/mol. The number of halogens is 1. The van der Waals surface area contributed by atoms with Crippen molar-refractivity contribution >= 4 is 59.9 Å². The molecule has 2 aromatic carbocycles. The molecule has 0 aliphatic heterocycles. The second-order valence-corrected chi connectivity index (χ2v) is 11.3. The number of fused-ring (bicyclic) bond motifs is 1. The molecule has 4 aromatic rings. The highest BCUT2D eigenvalue weighted by atomic mass is 35.5. The number of carbonyl (C=O) groups is 1. The first-order chi connectivity index (χ1) is 15.9. The van der Waals surface area contributed by atoms with Gasteiger partial charge < -0.3 is 11.1 Å². The summed E-state index contributed by atoms with van der Waals surface area (Å²) >= 11 is 7.57. The molecule has 4 rings (SSSR count). The fraction of sp³-hybridized carbons (Fsp3) is 0.174. The number of nitrogens with one attached hydrogen (secondary N) is 2. The van der Waals surface area contributed by atoms with Gasteiger partial charge in [0.25, 0.3) is 10.0 Å². The highest BCUT2D eigenvalue weighted by molar-refractivity contribution is 7.92. The minimum Gasteiger partial charge on any atom is -0.375 e. The molecule has 0 bridgehead atoms. The molecule has 8 nitrogen and oxygen atoms in total. The largest absolute Gasteiger partial charge is 0.375 e.